The SMILES string of the molecule is CCCNc1cc(C)c(C(O)c2ccccc2)cn1. The number of aromatic nitrogens is 1. The van der Waals surface area contributed by atoms with Gasteiger partial charge in [-0.05, 0) is 30.5 Å². The van der Waals surface area contributed by atoms with Gasteiger partial charge in [0.2, 0.25) is 0 Å². The Balaban J connectivity index is 2.21. The van der Waals surface area contributed by atoms with Crippen molar-refractivity contribution in [3.8, 4) is 0 Å². The molecule has 1 heterocycles. The number of nitrogens with one attached hydrogen (secondary N) is 1. The summed E-state index contributed by atoms with van der Waals surface area (Å²) in [6, 6.07) is 11.6. The van der Waals surface area contributed by atoms with Crippen molar-refractivity contribution in [1.29, 1.82) is 0 Å². The number of hydrogen-bond donors (Lipinski definition) is 2. The monoisotopic (exact) mass is 256 g/mol. The van der Waals surface area contributed by atoms with Gasteiger partial charge in [-0.1, -0.05) is 37.3 Å². The molecule has 0 saturated carbocycles. The van der Waals surface area contributed by atoms with Crippen LogP contribution in [0.15, 0.2) is 42.6 Å². The van der Waals surface area contributed by atoms with Crippen LogP contribution in [0.2, 0.25) is 0 Å². The molecule has 1 unspecified atom stereocenters. The second kappa shape index (κ2) is 6.34. The Morgan fingerprint density at radius 1 is 1.26 bits per heavy atom. The average Bonchev–Trinajstić information content (AvgIpc) is 2.45. The highest BCUT2D eigenvalue weighted by Gasteiger charge is 2.13. The Hall–Kier alpha value is -1.87. The summed E-state index contributed by atoms with van der Waals surface area (Å²) >= 11 is 0. The molecular weight excluding hydrogens is 236 g/mol. The van der Waals surface area contributed by atoms with Crippen LogP contribution in [-0.4, -0.2) is 16.6 Å². The molecule has 3 nitrogen and oxygen atoms in total. The van der Waals surface area contributed by atoms with Crippen LogP contribution in [0.5, 0.6) is 0 Å². The third-order valence-corrected chi connectivity index (χ3v) is 3.12. The van der Waals surface area contributed by atoms with Crippen LogP contribution in [0.1, 0.15) is 36.1 Å². The fraction of sp³-hybridized carbons (Fsp3) is 0.312. The minimum atomic E-state index is -0.617. The van der Waals surface area contributed by atoms with E-state index in [2.05, 4.69) is 17.2 Å². The largest absolute Gasteiger partial charge is 0.384 e. The highest BCUT2D eigenvalue weighted by atomic mass is 16.3. The van der Waals surface area contributed by atoms with Crippen LogP contribution in [0.4, 0.5) is 5.82 Å². The number of rotatable bonds is 5. The molecule has 1 atom stereocenters. The highest BCUT2D eigenvalue weighted by molar-refractivity contribution is 5.43. The Morgan fingerprint density at radius 3 is 2.63 bits per heavy atom. The van der Waals surface area contributed by atoms with Crippen molar-refractivity contribution in [3.63, 3.8) is 0 Å². The summed E-state index contributed by atoms with van der Waals surface area (Å²) in [7, 11) is 0. The van der Waals surface area contributed by atoms with Gasteiger partial charge in [-0.3, -0.25) is 0 Å². The average molecular weight is 256 g/mol. The van der Waals surface area contributed by atoms with E-state index in [0.717, 1.165) is 35.5 Å². The minimum Gasteiger partial charge on any atom is -0.384 e. The fourth-order valence-electron chi connectivity index (χ4n) is 2.02. The summed E-state index contributed by atoms with van der Waals surface area (Å²) in [6.45, 7) is 5.03. The zero-order valence-corrected chi connectivity index (χ0v) is 11.4. The van der Waals surface area contributed by atoms with E-state index in [-0.39, 0.29) is 0 Å². The summed E-state index contributed by atoms with van der Waals surface area (Å²) in [4.78, 5) is 4.35. The first kappa shape index (κ1) is 13.6. The van der Waals surface area contributed by atoms with Crippen LogP contribution < -0.4 is 5.32 Å². The molecule has 0 bridgehead atoms. The van der Waals surface area contributed by atoms with E-state index in [1.54, 1.807) is 6.20 Å². The molecule has 3 heteroatoms. The molecule has 19 heavy (non-hydrogen) atoms. The smallest absolute Gasteiger partial charge is 0.126 e. The van der Waals surface area contributed by atoms with E-state index in [9.17, 15) is 5.11 Å². The lowest BCUT2D eigenvalue weighted by atomic mass is 9.99. The molecule has 0 spiro atoms. The topological polar surface area (TPSA) is 45.1 Å². The summed E-state index contributed by atoms with van der Waals surface area (Å²) < 4.78 is 0. The zero-order valence-electron chi connectivity index (χ0n) is 11.4. The number of aliphatic hydroxyl groups excluding tert-OH is 1. The molecule has 2 N–H and O–H groups in total. The summed E-state index contributed by atoms with van der Waals surface area (Å²) in [5.74, 6) is 0.864. The van der Waals surface area contributed by atoms with Gasteiger partial charge in [-0.2, -0.15) is 0 Å². The number of hydrogen-bond acceptors (Lipinski definition) is 3. The van der Waals surface area contributed by atoms with Crippen molar-refractivity contribution < 1.29 is 5.11 Å². The molecule has 1 aromatic heterocycles. The van der Waals surface area contributed by atoms with Crippen molar-refractivity contribution in [2.75, 3.05) is 11.9 Å². The van der Waals surface area contributed by atoms with Gasteiger partial charge >= 0.3 is 0 Å². The maximum absolute atomic E-state index is 10.4. The van der Waals surface area contributed by atoms with Crippen molar-refractivity contribution in [2.24, 2.45) is 0 Å². The number of aryl methyl sites for hydroxylation is 1. The number of pyridine rings is 1. The quantitative estimate of drug-likeness (QED) is 0.862. The first-order valence-corrected chi connectivity index (χ1v) is 6.65. The van der Waals surface area contributed by atoms with Crippen LogP contribution in [0.25, 0.3) is 0 Å². The van der Waals surface area contributed by atoms with Gasteiger partial charge in [0.1, 0.15) is 11.9 Å². The van der Waals surface area contributed by atoms with Crippen molar-refractivity contribution in [2.45, 2.75) is 26.4 Å². The first-order chi connectivity index (χ1) is 9.22. The van der Waals surface area contributed by atoms with Gasteiger partial charge in [0.15, 0.2) is 0 Å². The lowest BCUT2D eigenvalue weighted by Gasteiger charge is -2.15. The van der Waals surface area contributed by atoms with Gasteiger partial charge in [0.25, 0.3) is 0 Å². The summed E-state index contributed by atoms with van der Waals surface area (Å²) in [6.07, 6.45) is 2.20. The van der Waals surface area contributed by atoms with E-state index < -0.39 is 6.10 Å². The van der Waals surface area contributed by atoms with Crippen LogP contribution >= 0.6 is 0 Å². The number of nitrogens with zero attached hydrogens (tertiary/aromatic N) is 1. The second-order valence-electron chi connectivity index (χ2n) is 4.67. The lowest BCUT2D eigenvalue weighted by molar-refractivity contribution is 0.219. The summed E-state index contributed by atoms with van der Waals surface area (Å²) in [5.41, 5.74) is 2.79. The Labute approximate surface area is 114 Å². The fourth-order valence-corrected chi connectivity index (χ4v) is 2.02. The predicted molar refractivity (Wildman–Crippen MR) is 78.3 cm³/mol. The number of anilines is 1. The van der Waals surface area contributed by atoms with Crippen LogP contribution in [-0.2, 0) is 0 Å². The summed E-state index contributed by atoms with van der Waals surface area (Å²) in [5, 5.41) is 13.6. The Morgan fingerprint density at radius 2 is 2.00 bits per heavy atom. The Kier molecular flexibility index (Phi) is 4.53. The molecule has 1 aromatic carbocycles. The molecule has 0 aliphatic carbocycles. The van der Waals surface area contributed by atoms with E-state index >= 15 is 0 Å². The predicted octanol–water partition coefficient (Wildman–Crippen LogP) is 3.29. The molecule has 2 rings (SSSR count). The maximum Gasteiger partial charge on any atom is 0.126 e. The molecule has 0 saturated heterocycles. The van der Waals surface area contributed by atoms with Crippen molar-refractivity contribution in [3.05, 3.63) is 59.3 Å². The van der Waals surface area contributed by atoms with E-state index in [4.69, 9.17) is 0 Å². The van der Waals surface area contributed by atoms with Gasteiger partial charge in [0, 0.05) is 18.3 Å². The molecule has 0 aliphatic rings. The third kappa shape index (κ3) is 3.32. The second-order valence-corrected chi connectivity index (χ2v) is 4.67. The molecule has 0 radical (unpaired) electrons. The van der Waals surface area contributed by atoms with E-state index in [1.165, 1.54) is 0 Å². The van der Waals surface area contributed by atoms with Crippen LogP contribution in [0.3, 0.4) is 0 Å². The van der Waals surface area contributed by atoms with Crippen molar-refractivity contribution in [1.82, 2.24) is 4.98 Å². The molecule has 100 valence electrons. The van der Waals surface area contributed by atoms with Crippen LogP contribution in [0, 0.1) is 6.92 Å². The number of benzene rings is 1. The first-order valence-electron chi connectivity index (χ1n) is 6.65. The molecule has 0 aliphatic heterocycles. The molecular formula is C16H20N2O. The number of aliphatic hydroxyl groups is 1. The van der Waals surface area contributed by atoms with E-state index in [1.807, 2.05) is 43.3 Å². The van der Waals surface area contributed by atoms with Gasteiger partial charge in [-0.15, -0.1) is 0 Å². The normalized spacial score (nSPS) is 12.2. The third-order valence-electron chi connectivity index (χ3n) is 3.12. The maximum atomic E-state index is 10.4. The highest BCUT2D eigenvalue weighted by Crippen LogP contribution is 2.25. The van der Waals surface area contributed by atoms with Gasteiger partial charge in [-0.25, -0.2) is 4.98 Å². The standard InChI is InChI=1S/C16H20N2O/c1-3-9-17-15-10-12(2)14(11-18-15)16(19)13-7-5-4-6-8-13/h4-8,10-11,16,19H,3,9H2,1-2H3,(H,17,18). The van der Waals surface area contributed by atoms with E-state index in [0.29, 0.717) is 0 Å². The molecule has 0 fully saturated rings. The van der Waals surface area contributed by atoms with Crippen molar-refractivity contribution >= 4 is 5.82 Å². The molecule has 2 aromatic rings. The van der Waals surface area contributed by atoms with Gasteiger partial charge in [0.05, 0.1) is 0 Å². The minimum absolute atomic E-state index is 0.617. The molecule has 0 amide bonds. The zero-order chi connectivity index (χ0) is 13.7. The van der Waals surface area contributed by atoms with Gasteiger partial charge < -0.3 is 10.4 Å². The Bertz CT molecular complexity index is 526. The lowest BCUT2D eigenvalue weighted by Crippen LogP contribution is -2.06.